The van der Waals surface area contributed by atoms with Crippen LogP contribution in [-0.2, 0) is 14.8 Å². The Morgan fingerprint density at radius 3 is 2.56 bits per heavy atom. The van der Waals surface area contributed by atoms with E-state index in [-0.39, 0.29) is 29.8 Å². The summed E-state index contributed by atoms with van der Waals surface area (Å²) in [6, 6.07) is 8.99. The van der Waals surface area contributed by atoms with Gasteiger partial charge >= 0.3 is 0 Å². The van der Waals surface area contributed by atoms with Crippen molar-refractivity contribution >= 4 is 33.3 Å². The van der Waals surface area contributed by atoms with Gasteiger partial charge in [0.1, 0.15) is 0 Å². The van der Waals surface area contributed by atoms with Crippen LogP contribution in [0.4, 0.5) is 0 Å². The van der Waals surface area contributed by atoms with Crippen molar-refractivity contribution in [1.29, 1.82) is 0 Å². The maximum Gasteiger partial charge on any atom is 0.241 e. The molecule has 3 aromatic rings. The highest BCUT2D eigenvalue weighted by atomic mass is 32.2. The number of amides is 1. The minimum Gasteiger partial charge on any atom is -0.346 e. The summed E-state index contributed by atoms with van der Waals surface area (Å²) >= 11 is 1.68. The molecule has 1 unspecified atom stereocenters. The fourth-order valence-corrected chi connectivity index (χ4v) is 5.78. The largest absolute Gasteiger partial charge is 0.346 e. The number of aryl methyl sites for hydroxylation is 3. The van der Waals surface area contributed by atoms with Gasteiger partial charge in [0.15, 0.2) is 11.5 Å². The molecule has 2 aromatic heterocycles. The number of benzene rings is 1. The summed E-state index contributed by atoms with van der Waals surface area (Å²) in [7, 11) is -3.71. The SMILES string of the molecule is CSCCC(NC(=O)CCNS(=O)(=O)c1c(C)cc(C)cc1C)c1nnc2ccccn12. The summed E-state index contributed by atoms with van der Waals surface area (Å²) in [5.74, 6) is 1.25. The molecule has 3 rings (SSSR count). The molecule has 0 aliphatic carbocycles. The first-order valence-electron chi connectivity index (χ1n) is 10.4. The van der Waals surface area contributed by atoms with Crippen LogP contribution >= 0.6 is 11.8 Å². The first-order valence-corrected chi connectivity index (χ1v) is 13.3. The Morgan fingerprint density at radius 1 is 1.16 bits per heavy atom. The van der Waals surface area contributed by atoms with Crippen molar-refractivity contribution in [2.45, 2.75) is 44.6 Å². The molecule has 0 spiro atoms. The Balaban J connectivity index is 1.66. The molecular weight excluding hydrogens is 446 g/mol. The van der Waals surface area contributed by atoms with E-state index in [1.54, 1.807) is 25.6 Å². The van der Waals surface area contributed by atoms with Gasteiger partial charge in [0.25, 0.3) is 0 Å². The van der Waals surface area contributed by atoms with Gasteiger partial charge in [-0.3, -0.25) is 9.20 Å². The van der Waals surface area contributed by atoms with E-state index in [2.05, 4.69) is 20.2 Å². The minimum absolute atomic E-state index is 0.0107. The molecule has 0 fully saturated rings. The molecule has 2 N–H and O–H groups in total. The first-order chi connectivity index (χ1) is 15.2. The smallest absolute Gasteiger partial charge is 0.241 e. The van der Waals surface area contributed by atoms with Gasteiger partial charge in [-0.1, -0.05) is 23.8 Å². The summed E-state index contributed by atoms with van der Waals surface area (Å²) in [4.78, 5) is 12.9. The van der Waals surface area contributed by atoms with Crippen molar-refractivity contribution in [1.82, 2.24) is 24.6 Å². The normalized spacial score (nSPS) is 12.8. The number of pyridine rings is 1. The van der Waals surface area contributed by atoms with Crippen LogP contribution < -0.4 is 10.0 Å². The van der Waals surface area contributed by atoms with Crippen LogP contribution in [0.1, 0.15) is 41.4 Å². The number of nitrogens with one attached hydrogen (secondary N) is 2. The predicted molar refractivity (Wildman–Crippen MR) is 127 cm³/mol. The molecule has 10 heteroatoms. The molecule has 1 atom stereocenters. The van der Waals surface area contributed by atoms with E-state index < -0.39 is 10.0 Å². The van der Waals surface area contributed by atoms with Gasteiger partial charge in [0, 0.05) is 19.2 Å². The predicted octanol–water partition coefficient (Wildman–Crippen LogP) is 2.93. The van der Waals surface area contributed by atoms with Gasteiger partial charge in [-0.05, 0) is 62.5 Å². The van der Waals surface area contributed by atoms with Gasteiger partial charge in [-0.15, -0.1) is 10.2 Å². The quantitative estimate of drug-likeness (QED) is 0.467. The van der Waals surface area contributed by atoms with E-state index in [1.807, 2.05) is 54.1 Å². The Kier molecular flexibility index (Phi) is 7.91. The van der Waals surface area contributed by atoms with E-state index in [1.165, 1.54) is 0 Å². The minimum atomic E-state index is -3.71. The topological polar surface area (TPSA) is 105 Å². The monoisotopic (exact) mass is 475 g/mol. The number of carbonyl (C=O) groups excluding carboxylic acids is 1. The van der Waals surface area contributed by atoms with Crippen LogP contribution in [0.25, 0.3) is 5.65 Å². The Morgan fingerprint density at radius 2 is 1.88 bits per heavy atom. The fourth-order valence-electron chi connectivity index (χ4n) is 3.83. The number of hydrogen-bond donors (Lipinski definition) is 2. The zero-order chi connectivity index (χ0) is 23.3. The third-order valence-electron chi connectivity index (χ3n) is 5.12. The molecule has 0 saturated carbocycles. The van der Waals surface area contributed by atoms with Crippen molar-refractivity contribution in [2.75, 3.05) is 18.6 Å². The van der Waals surface area contributed by atoms with Crippen LogP contribution in [0.15, 0.2) is 41.4 Å². The lowest BCUT2D eigenvalue weighted by Gasteiger charge is -2.17. The fraction of sp³-hybridized carbons (Fsp3) is 0.409. The van der Waals surface area contributed by atoms with E-state index in [9.17, 15) is 13.2 Å². The molecular formula is C22H29N5O3S2. The lowest BCUT2D eigenvalue weighted by molar-refractivity contribution is -0.121. The summed E-state index contributed by atoms with van der Waals surface area (Å²) in [6.07, 6.45) is 4.58. The molecule has 0 saturated heterocycles. The molecule has 0 bridgehead atoms. The molecule has 2 heterocycles. The van der Waals surface area contributed by atoms with Gasteiger partial charge in [-0.2, -0.15) is 11.8 Å². The van der Waals surface area contributed by atoms with Crippen LogP contribution in [0, 0.1) is 20.8 Å². The summed E-state index contributed by atoms with van der Waals surface area (Å²) in [5.41, 5.74) is 3.10. The second kappa shape index (κ2) is 10.5. The number of rotatable bonds is 10. The van der Waals surface area contributed by atoms with Crippen LogP contribution in [0.3, 0.4) is 0 Å². The second-order valence-electron chi connectivity index (χ2n) is 7.76. The van der Waals surface area contributed by atoms with E-state index in [4.69, 9.17) is 0 Å². The lowest BCUT2D eigenvalue weighted by atomic mass is 10.1. The molecule has 8 nitrogen and oxygen atoms in total. The van der Waals surface area contributed by atoms with E-state index in [0.717, 1.165) is 11.3 Å². The van der Waals surface area contributed by atoms with Crippen LogP contribution in [0.5, 0.6) is 0 Å². The molecule has 1 aromatic carbocycles. The van der Waals surface area contributed by atoms with Gasteiger partial charge in [0.2, 0.25) is 15.9 Å². The molecule has 0 aliphatic rings. The Labute approximate surface area is 193 Å². The van der Waals surface area contributed by atoms with Crippen molar-refractivity contribution in [2.24, 2.45) is 0 Å². The zero-order valence-electron chi connectivity index (χ0n) is 18.8. The maximum absolute atomic E-state index is 12.8. The van der Waals surface area contributed by atoms with E-state index >= 15 is 0 Å². The van der Waals surface area contributed by atoms with Gasteiger partial charge < -0.3 is 5.32 Å². The number of sulfonamides is 1. The molecule has 0 radical (unpaired) electrons. The van der Waals surface area contributed by atoms with Crippen molar-refractivity contribution in [3.8, 4) is 0 Å². The van der Waals surface area contributed by atoms with Gasteiger partial charge in [0.05, 0.1) is 10.9 Å². The number of nitrogens with zero attached hydrogens (tertiary/aromatic N) is 3. The lowest BCUT2D eigenvalue weighted by Crippen LogP contribution is -2.34. The standard InChI is InChI=1S/C22H29N5O3S2/c1-15-13-16(2)21(17(3)14-15)32(29,30)23-10-8-20(28)24-18(9-12-31-4)22-26-25-19-7-5-6-11-27(19)22/h5-7,11,13-14,18,23H,8-10,12H2,1-4H3,(H,24,28). The molecule has 32 heavy (non-hydrogen) atoms. The zero-order valence-corrected chi connectivity index (χ0v) is 20.4. The third-order valence-corrected chi connectivity index (χ3v) is 7.52. The summed E-state index contributed by atoms with van der Waals surface area (Å²) in [5, 5.41) is 11.4. The van der Waals surface area contributed by atoms with Crippen molar-refractivity contribution < 1.29 is 13.2 Å². The highest BCUT2D eigenvalue weighted by Gasteiger charge is 2.22. The third kappa shape index (κ3) is 5.67. The maximum atomic E-state index is 12.8. The van der Waals surface area contributed by atoms with Crippen molar-refractivity contribution in [3.05, 3.63) is 59.0 Å². The van der Waals surface area contributed by atoms with Crippen LogP contribution in [-0.4, -0.2) is 47.5 Å². The molecule has 172 valence electrons. The van der Waals surface area contributed by atoms with Gasteiger partial charge in [-0.25, -0.2) is 13.1 Å². The second-order valence-corrected chi connectivity index (χ2v) is 10.5. The average Bonchev–Trinajstić information content (AvgIpc) is 3.14. The number of thioether (sulfide) groups is 1. The molecule has 1 amide bonds. The summed E-state index contributed by atoms with van der Waals surface area (Å²) in [6.45, 7) is 5.50. The highest BCUT2D eigenvalue weighted by Crippen LogP contribution is 2.22. The number of aromatic nitrogens is 3. The first kappa shape index (κ1) is 24.2. The number of hydrogen-bond acceptors (Lipinski definition) is 6. The van der Waals surface area contributed by atoms with Crippen molar-refractivity contribution in [3.63, 3.8) is 0 Å². The summed E-state index contributed by atoms with van der Waals surface area (Å²) < 4.78 is 30.0. The highest BCUT2D eigenvalue weighted by molar-refractivity contribution is 7.98. The molecule has 0 aliphatic heterocycles. The Hall–Kier alpha value is -2.43. The number of fused-ring (bicyclic) bond motifs is 1. The Bertz CT molecular complexity index is 1180. The average molecular weight is 476 g/mol. The van der Waals surface area contributed by atoms with Crippen LogP contribution in [0.2, 0.25) is 0 Å². The number of carbonyl (C=O) groups is 1. The van der Waals surface area contributed by atoms with E-state index in [0.29, 0.717) is 29.0 Å².